The van der Waals surface area contributed by atoms with Crippen LogP contribution in [0.3, 0.4) is 0 Å². The number of ether oxygens (including phenoxy) is 1. The maximum Gasteiger partial charge on any atom is 0.258 e. The van der Waals surface area contributed by atoms with Crippen LogP contribution in [0.5, 0.6) is 5.75 Å². The van der Waals surface area contributed by atoms with Crippen LogP contribution >= 0.6 is 11.8 Å². The molecule has 0 spiro atoms. The predicted molar refractivity (Wildman–Crippen MR) is 110 cm³/mol. The highest BCUT2D eigenvalue weighted by atomic mass is 32.2. The first-order valence-electron chi connectivity index (χ1n) is 8.89. The van der Waals surface area contributed by atoms with Crippen LogP contribution in [0.4, 0.5) is 5.69 Å². The molecule has 0 unspecified atom stereocenters. The molecular weight excluding hydrogens is 388 g/mol. The summed E-state index contributed by atoms with van der Waals surface area (Å²) < 4.78 is 10.9. The van der Waals surface area contributed by atoms with E-state index in [4.69, 9.17) is 14.9 Å². The average Bonchev–Trinajstić information content (AvgIpc) is 3.35. The van der Waals surface area contributed by atoms with Gasteiger partial charge in [0.05, 0.1) is 42.4 Å². The summed E-state index contributed by atoms with van der Waals surface area (Å²) in [5, 5.41) is 12.5. The van der Waals surface area contributed by atoms with Crippen LogP contribution < -0.4 is 15.8 Å². The normalized spacial score (nSPS) is 17.4. The summed E-state index contributed by atoms with van der Waals surface area (Å²) in [6, 6.07) is 12.3. The minimum Gasteiger partial charge on any atom is -0.495 e. The number of hydrogen-bond acceptors (Lipinski definition) is 7. The highest BCUT2D eigenvalue weighted by molar-refractivity contribution is 8.00. The average molecular weight is 406 g/mol. The molecule has 2 atom stereocenters. The Bertz CT molecular complexity index is 1120. The molecule has 1 aromatic carbocycles. The van der Waals surface area contributed by atoms with E-state index in [0.29, 0.717) is 44.6 Å². The Balaban J connectivity index is 1.87. The SMILES string of the molecule is COc1ccccc1NC(=O)c1c(C)nc2c(c1-c1ccco1)[C@@H](N)[C@H](C#N)S2. The molecule has 1 amide bonds. The molecule has 1 aliphatic rings. The van der Waals surface area contributed by atoms with Gasteiger partial charge in [-0.1, -0.05) is 23.9 Å². The summed E-state index contributed by atoms with van der Waals surface area (Å²) in [4.78, 5) is 17.9. The third kappa shape index (κ3) is 3.24. The van der Waals surface area contributed by atoms with Gasteiger partial charge in [0.15, 0.2) is 0 Å². The first-order chi connectivity index (χ1) is 14.0. The van der Waals surface area contributed by atoms with Crippen LogP contribution in [0.15, 0.2) is 52.1 Å². The number of pyridine rings is 1. The van der Waals surface area contributed by atoms with Gasteiger partial charge in [-0.25, -0.2) is 4.98 Å². The lowest BCUT2D eigenvalue weighted by atomic mass is 9.93. The molecule has 0 bridgehead atoms. The largest absolute Gasteiger partial charge is 0.495 e. The minimum atomic E-state index is -0.578. The van der Waals surface area contributed by atoms with Crippen molar-refractivity contribution in [2.75, 3.05) is 12.4 Å². The highest BCUT2D eigenvalue weighted by Crippen LogP contribution is 2.48. The molecule has 0 saturated heterocycles. The number of nitrogens with two attached hydrogens (primary N) is 1. The fraction of sp³-hybridized carbons (Fsp3) is 0.190. The van der Waals surface area contributed by atoms with Crippen molar-refractivity contribution in [2.45, 2.75) is 23.2 Å². The van der Waals surface area contributed by atoms with Crippen molar-refractivity contribution in [1.82, 2.24) is 4.98 Å². The molecule has 2 aromatic heterocycles. The van der Waals surface area contributed by atoms with Crippen molar-refractivity contribution in [3.8, 4) is 23.1 Å². The topological polar surface area (TPSA) is 114 Å². The Hall–Kier alpha value is -3.28. The molecule has 146 valence electrons. The number of carbonyl (C=O) groups is 1. The quantitative estimate of drug-likeness (QED) is 0.675. The van der Waals surface area contributed by atoms with Crippen molar-refractivity contribution in [1.29, 1.82) is 5.26 Å². The predicted octanol–water partition coefficient (Wildman–Crippen LogP) is 3.91. The zero-order valence-electron chi connectivity index (χ0n) is 15.8. The molecule has 0 radical (unpaired) electrons. The minimum absolute atomic E-state index is 0.355. The monoisotopic (exact) mass is 406 g/mol. The van der Waals surface area contributed by atoms with Gasteiger partial charge in [-0.2, -0.15) is 5.26 Å². The van der Waals surface area contributed by atoms with Crippen molar-refractivity contribution in [2.24, 2.45) is 5.73 Å². The molecule has 0 fully saturated rings. The van der Waals surface area contributed by atoms with E-state index >= 15 is 0 Å². The van der Waals surface area contributed by atoms with E-state index in [2.05, 4.69) is 16.4 Å². The summed E-state index contributed by atoms with van der Waals surface area (Å²) in [7, 11) is 1.54. The molecule has 3 aromatic rings. The van der Waals surface area contributed by atoms with Crippen LogP contribution in [-0.2, 0) is 0 Å². The number of anilines is 1. The number of furan rings is 1. The van der Waals surface area contributed by atoms with E-state index in [0.717, 1.165) is 0 Å². The first-order valence-corrected chi connectivity index (χ1v) is 9.77. The smallest absolute Gasteiger partial charge is 0.258 e. The molecule has 0 saturated carbocycles. The van der Waals surface area contributed by atoms with E-state index in [1.54, 1.807) is 38.3 Å². The number of hydrogen-bond donors (Lipinski definition) is 2. The van der Waals surface area contributed by atoms with E-state index in [-0.39, 0.29) is 5.91 Å². The third-order valence-corrected chi connectivity index (χ3v) is 5.94. The fourth-order valence-corrected chi connectivity index (χ4v) is 4.56. The Morgan fingerprint density at radius 3 is 2.83 bits per heavy atom. The van der Waals surface area contributed by atoms with Crippen molar-refractivity contribution in [3.63, 3.8) is 0 Å². The number of carbonyl (C=O) groups excluding carboxylic acids is 1. The molecule has 8 heteroatoms. The van der Waals surface area contributed by atoms with Gasteiger partial charge >= 0.3 is 0 Å². The van der Waals surface area contributed by atoms with Crippen LogP contribution in [0.25, 0.3) is 11.3 Å². The number of fused-ring (bicyclic) bond motifs is 1. The number of aromatic nitrogens is 1. The van der Waals surface area contributed by atoms with E-state index in [1.165, 1.54) is 18.0 Å². The second kappa shape index (κ2) is 7.62. The van der Waals surface area contributed by atoms with Gasteiger partial charge in [-0.05, 0) is 31.2 Å². The number of benzene rings is 1. The van der Waals surface area contributed by atoms with Crippen LogP contribution in [0.1, 0.15) is 27.7 Å². The molecule has 4 rings (SSSR count). The lowest BCUT2D eigenvalue weighted by Gasteiger charge is -2.17. The first kappa shape index (κ1) is 19.1. The van der Waals surface area contributed by atoms with Gasteiger partial charge in [0, 0.05) is 11.1 Å². The summed E-state index contributed by atoms with van der Waals surface area (Å²) in [5.41, 5.74) is 9.01. The highest BCUT2D eigenvalue weighted by Gasteiger charge is 2.38. The summed E-state index contributed by atoms with van der Waals surface area (Å²) in [5.74, 6) is 0.696. The molecule has 7 nitrogen and oxygen atoms in total. The van der Waals surface area contributed by atoms with E-state index in [1.807, 2.05) is 12.1 Å². The fourth-order valence-electron chi connectivity index (χ4n) is 3.43. The molecule has 1 aliphatic heterocycles. The summed E-state index contributed by atoms with van der Waals surface area (Å²) in [6.45, 7) is 1.76. The zero-order chi connectivity index (χ0) is 20.5. The van der Waals surface area contributed by atoms with E-state index in [9.17, 15) is 10.1 Å². The molecule has 29 heavy (non-hydrogen) atoms. The Morgan fingerprint density at radius 1 is 1.34 bits per heavy atom. The number of amides is 1. The van der Waals surface area contributed by atoms with E-state index < -0.39 is 11.3 Å². The Morgan fingerprint density at radius 2 is 2.14 bits per heavy atom. The molecule has 3 heterocycles. The van der Waals surface area contributed by atoms with Gasteiger partial charge in [0.1, 0.15) is 21.8 Å². The lowest BCUT2D eigenvalue weighted by molar-refractivity contribution is 0.102. The number of methoxy groups -OCH3 is 1. The van der Waals surface area contributed by atoms with Gasteiger partial charge < -0.3 is 20.2 Å². The van der Waals surface area contributed by atoms with Gasteiger partial charge in [0.25, 0.3) is 5.91 Å². The van der Waals surface area contributed by atoms with Crippen LogP contribution in [0.2, 0.25) is 0 Å². The lowest BCUT2D eigenvalue weighted by Crippen LogP contribution is -2.21. The number of thioether (sulfide) groups is 1. The number of nitrogens with one attached hydrogen (secondary N) is 1. The van der Waals surface area contributed by atoms with Crippen LogP contribution in [-0.4, -0.2) is 23.3 Å². The zero-order valence-corrected chi connectivity index (χ0v) is 16.6. The standard InChI is InChI=1S/C21H18N4O3S/c1-11-16(20(26)25-12-6-3-4-7-13(12)27-2)17(14-8-5-9-28-14)18-19(23)15(10-22)29-21(18)24-11/h3-9,15,19H,23H2,1-2H3,(H,25,26)/t15-,19-/m0/s1. The van der Waals surface area contributed by atoms with Gasteiger partial charge in [-0.3, -0.25) is 4.79 Å². The second-order valence-corrected chi connectivity index (χ2v) is 7.62. The second-order valence-electron chi connectivity index (χ2n) is 6.49. The maximum absolute atomic E-state index is 13.3. The molecule has 0 aliphatic carbocycles. The number of nitriles is 1. The van der Waals surface area contributed by atoms with Crippen LogP contribution in [0, 0.1) is 18.3 Å². The summed E-state index contributed by atoms with van der Waals surface area (Å²) >= 11 is 1.31. The number of nitrogens with zero attached hydrogens (tertiary/aromatic N) is 2. The number of aryl methyl sites for hydroxylation is 1. The van der Waals surface area contributed by atoms with Gasteiger partial charge in [-0.15, -0.1) is 0 Å². The number of rotatable bonds is 4. The van der Waals surface area contributed by atoms with Crippen molar-refractivity contribution in [3.05, 3.63) is 59.5 Å². The van der Waals surface area contributed by atoms with Crippen molar-refractivity contribution < 1.29 is 13.9 Å². The maximum atomic E-state index is 13.3. The third-order valence-electron chi connectivity index (χ3n) is 4.76. The Kier molecular flexibility index (Phi) is 5.01. The van der Waals surface area contributed by atoms with Crippen molar-refractivity contribution >= 4 is 23.4 Å². The molecule has 3 N–H and O–H groups in total. The molecular formula is C21H18N4O3S. The number of para-hydroxylation sites is 2. The Labute approximate surface area is 171 Å². The van der Waals surface area contributed by atoms with Gasteiger partial charge in [0.2, 0.25) is 0 Å². The summed E-state index contributed by atoms with van der Waals surface area (Å²) in [6.07, 6.45) is 1.54.